The Morgan fingerprint density at radius 1 is 1.03 bits per heavy atom. The molecule has 0 aliphatic heterocycles. The third kappa shape index (κ3) is 4.90. The molecular formula is C23H19ClN4O3. The summed E-state index contributed by atoms with van der Waals surface area (Å²) >= 11 is 6.30. The predicted molar refractivity (Wildman–Crippen MR) is 118 cm³/mol. The average molecular weight is 435 g/mol. The largest absolute Gasteiger partial charge is 0.489 e. The number of rotatable bonds is 6. The van der Waals surface area contributed by atoms with E-state index < -0.39 is 0 Å². The van der Waals surface area contributed by atoms with E-state index in [0.717, 1.165) is 11.1 Å². The van der Waals surface area contributed by atoms with Gasteiger partial charge in [-0.2, -0.15) is 4.98 Å². The summed E-state index contributed by atoms with van der Waals surface area (Å²) in [5, 5.41) is 7.36. The molecule has 2 heterocycles. The number of carbonyl (C=O) groups excluding carboxylic acids is 1. The van der Waals surface area contributed by atoms with Crippen molar-refractivity contribution in [3.05, 3.63) is 77.6 Å². The number of nitrogens with zero attached hydrogens (tertiary/aromatic N) is 3. The second-order valence-corrected chi connectivity index (χ2v) is 7.41. The highest BCUT2D eigenvalue weighted by Crippen LogP contribution is 2.31. The number of hydrogen-bond donors (Lipinski definition) is 1. The van der Waals surface area contributed by atoms with E-state index in [-0.39, 0.29) is 12.0 Å². The molecule has 4 rings (SSSR count). The molecule has 4 aromatic rings. The Kier molecular flexibility index (Phi) is 5.95. The molecular weight excluding hydrogens is 416 g/mol. The molecule has 156 valence electrons. The summed E-state index contributed by atoms with van der Waals surface area (Å²) in [6.07, 6.45) is 3.17. The second kappa shape index (κ2) is 8.97. The zero-order valence-corrected chi connectivity index (χ0v) is 17.6. The van der Waals surface area contributed by atoms with Crippen LogP contribution in [-0.4, -0.2) is 27.1 Å². The third-order valence-corrected chi connectivity index (χ3v) is 4.61. The molecule has 0 aliphatic carbocycles. The van der Waals surface area contributed by atoms with Crippen LogP contribution in [0.15, 0.2) is 71.5 Å². The molecule has 0 bridgehead atoms. The molecule has 0 unspecified atom stereocenters. The lowest BCUT2D eigenvalue weighted by Crippen LogP contribution is -2.11. The Bertz CT molecular complexity index is 1190. The van der Waals surface area contributed by atoms with Crippen LogP contribution in [0.1, 0.15) is 24.2 Å². The summed E-state index contributed by atoms with van der Waals surface area (Å²) in [7, 11) is 0. The van der Waals surface area contributed by atoms with Crippen LogP contribution in [-0.2, 0) is 0 Å². The standard InChI is InChI=1S/C23H19ClN4O3/c1-14(2)30-20-8-5-17(13-19(20)24)21-27-23(31-28-21)16-3-6-18(7-4-16)26-22(29)15-9-11-25-12-10-15/h3-14H,1-2H3,(H,26,29). The number of ether oxygens (including phenoxy) is 1. The first-order valence-electron chi connectivity index (χ1n) is 9.61. The Morgan fingerprint density at radius 2 is 1.74 bits per heavy atom. The van der Waals surface area contributed by atoms with E-state index in [1.807, 2.05) is 19.9 Å². The number of hydrogen-bond acceptors (Lipinski definition) is 6. The third-order valence-electron chi connectivity index (χ3n) is 4.31. The Hall–Kier alpha value is -3.71. The SMILES string of the molecule is CC(C)Oc1ccc(-c2noc(-c3ccc(NC(=O)c4ccncc4)cc3)n2)cc1Cl. The van der Waals surface area contributed by atoms with Crippen molar-refractivity contribution in [2.75, 3.05) is 5.32 Å². The van der Waals surface area contributed by atoms with E-state index in [4.69, 9.17) is 20.9 Å². The topological polar surface area (TPSA) is 90.1 Å². The maximum atomic E-state index is 12.2. The fourth-order valence-electron chi connectivity index (χ4n) is 2.85. The zero-order valence-electron chi connectivity index (χ0n) is 16.9. The minimum Gasteiger partial charge on any atom is -0.489 e. The first-order chi connectivity index (χ1) is 15.0. The zero-order chi connectivity index (χ0) is 21.8. The van der Waals surface area contributed by atoms with E-state index in [9.17, 15) is 4.79 Å². The van der Waals surface area contributed by atoms with Crippen LogP contribution in [0.2, 0.25) is 5.02 Å². The van der Waals surface area contributed by atoms with Gasteiger partial charge in [-0.1, -0.05) is 16.8 Å². The summed E-state index contributed by atoms with van der Waals surface area (Å²) in [6.45, 7) is 3.87. The van der Waals surface area contributed by atoms with Gasteiger partial charge in [0.05, 0.1) is 11.1 Å². The Labute approximate surface area is 184 Å². The molecule has 31 heavy (non-hydrogen) atoms. The van der Waals surface area contributed by atoms with Crippen molar-refractivity contribution in [3.63, 3.8) is 0 Å². The smallest absolute Gasteiger partial charge is 0.258 e. The number of anilines is 1. The number of amides is 1. The van der Waals surface area contributed by atoms with Gasteiger partial charge in [-0.15, -0.1) is 0 Å². The molecule has 0 spiro atoms. The average Bonchev–Trinajstić information content (AvgIpc) is 3.26. The van der Waals surface area contributed by atoms with Crippen molar-refractivity contribution in [1.29, 1.82) is 0 Å². The van der Waals surface area contributed by atoms with Gasteiger partial charge < -0.3 is 14.6 Å². The van der Waals surface area contributed by atoms with Gasteiger partial charge >= 0.3 is 0 Å². The number of aromatic nitrogens is 3. The van der Waals surface area contributed by atoms with E-state index >= 15 is 0 Å². The maximum absolute atomic E-state index is 12.2. The fourth-order valence-corrected chi connectivity index (χ4v) is 3.08. The predicted octanol–water partition coefficient (Wildman–Crippen LogP) is 5.49. The molecule has 0 atom stereocenters. The lowest BCUT2D eigenvalue weighted by molar-refractivity contribution is 0.102. The van der Waals surface area contributed by atoms with Crippen LogP contribution in [0, 0.1) is 0 Å². The first-order valence-corrected chi connectivity index (χ1v) is 9.99. The minimum absolute atomic E-state index is 0.0255. The molecule has 1 N–H and O–H groups in total. The quantitative estimate of drug-likeness (QED) is 0.431. The number of carbonyl (C=O) groups is 1. The van der Waals surface area contributed by atoms with Gasteiger partial charge in [0, 0.05) is 34.8 Å². The van der Waals surface area contributed by atoms with Gasteiger partial charge in [0.2, 0.25) is 5.82 Å². The van der Waals surface area contributed by atoms with Crippen molar-refractivity contribution in [2.24, 2.45) is 0 Å². The van der Waals surface area contributed by atoms with E-state index in [0.29, 0.717) is 33.7 Å². The van der Waals surface area contributed by atoms with Gasteiger partial charge in [-0.25, -0.2) is 0 Å². The second-order valence-electron chi connectivity index (χ2n) is 7.00. The Morgan fingerprint density at radius 3 is 2.42 bits per heavy atom. The number of halogens is 1. The van der Waals surface area contributed by atoms with Crippen molar-refractivity contribution < 1.29 is 14.1 Å². The monoisotopic (exact) mass is 434 g/mol. The van der Waals surface area contributed by atoms with Crippen LogP contribution >= 0.6 is 11.6 Å². The van der Waals surface area contributed by atoms with Crippen LogP contribution in [0.5, 0.6) is 5.75 Å². The van der Waals surface area contributed by atoms with Crippen LogP contribution in [0.4, 0.5) is 5.69 Å². The normalized spacial score (nSPS) is 10.8. The molecule has 2 aromatic heterocycles. The molecule has 2 aromatic carbocycles. The van der Waals surface area contributed by atoms with Gasteiger partial charge in [0.25, 0.3) is 11.8 Å². The summed E-state index contributed by atoms with van der Waals surface area (Å²) in [4.78, 5) is 20.6. The lowest BCUT2D eigenvalue weighted by atomic mass is 10.2. The summed E-state index contributed by atoms with van der Waals surface area (Å²) in [5.74, 6) is 1.18. The highest BCUT2D eigenvalue weighted by atomic mass is 35.5. The highest BCUT2D eigenvalue weighted by Gasteiger charge is 2.13. The van der Waals surface area contributed by atoms with Crippen LogP contribution in [0.3, 0.4) is 0 Å². The molecule has 0 saturated heterocycles. The van der Waals surface area contributed by atoms with Gasteiger partial charge in [0.1, 0.15) is 5.75 Å². The lowest BCUT2D eigenvalue weighted by Gasteiger charge is -2.11. The van der Waals surface area contributed by atoms with Crippen LogP contribution < -0.4 is 10.1 Å². The molecule has 7 nitrogen and oxygen atoms in total. The van der Waals surface area contributed by atoms with Gasteiger partial charge in [-0.05, 0) is 68.4 Å². The Balaban J connectivity index is 1.48. The summed E-state index contributed by atoms with van der Waals surface area (Å²) in [6, 6.07) is 15.8. The van der Waals surface area contributed by atoms with E-state index in [2.05, 4.69) is 20.4 Å². The minimum atomic E-state index is -0.211. The van der Waals surface area contributed by atoms with Gasteiger partial charge in [-0.3, -0.25) is 9.78 Å². The molecule has 1 amide bonds. The number of benzene rings is 2. The molecule has 8 heteroatoms. The van der Waals surface area contributed by atoms with Crippen molar-refractivity contribution in [2.45, 2.75) is 20.0 Å². The molecule has 0 saturated carbocycles. The van der Waals surface area contributed by atoms with Gasteiger partial charge in [0.15, 0.2) is 0 Å². The first kappa shape index (κ1) is 20.6. The van der Waals surface area contributed by atoms with Crippen LogP contribution in [0.25, 0.3) is 22.8 Å². The number of pyridine rings is 1. The summed E-state index contributed by atoms with van der Waals surface area (Å²) < 4.78 is 11.0. The van der Waals surface area contributed by atoms with Crippen molar-refractivity contribution >= 4 is 23.2 Å². The molecule has 0 fully saturated rings. The van der Waals surface area contributed by atoms with Crippen molar-refractivity contribution in [1.82, 2.24) is 15.1 Å². The number of nitrogens with one attached hydrogen (secondary N) is 1. The maximum Gasteiger partial charge on any atom is 0.258 e. The van der Waals surface area contributed by atoms with E-state index in [1.165, 1.54) is 0 Å². The fraction of sp³-hybridized carbons (Fsp3) is 0.130. The molecule has 0 aliphatic rings. The van der Waals surface area contributed by atoms with E-state index in [1.54, 1.807) is 60.9 Å². The highest BCUT2D eigenvalue weighted by molar-refractivity contribution is 6.32. The molecule has 0 radical (unpaired) electrons. The summed E-state index contributed by atoms with van der Waals surface area (Å²) in [5.41, 5.74) is 2.63. The van der Waals surface area contributed by atoms with Crippen molar-refractivity contribution in [3.8, 4) is 28.6 Å².